The summed E-state index contributed by atoms with van der Waals surface area (Å²) in [6.07, 6.45) is 5.30. The highest BCUT2D eigenvalue weighted by atomic mass is 19.2. The van der Waals surface area contributed by atoms with Gasteiger partial charge in [-0.2, -0.15) is 4.39 Å². The number of benzene rings is 2. The number of hydrogen-bond donors (Lipinski definition) is 2. The maximum Gasteiger partial charge on any atom is 0.251 e. The summed E-state index contributed by atoms with van der Waals surface area (Å²) in [7, 11) is 4.97. The first kappa shape index (κ1) is 28.0. The zero-order valence-corrected chi connectivity index (χ0v) is 23.2. The van der Waals surface area contributed by atoms with Crippen LogP contribution in [0.5, 0.6) is 5.75 Å². The molecule has 1 atom stereocenters. The Hall–Kier alpha value is -4.58. The van der Waals surface area contributed by atoms with Gasteiger partial charge in [0.25, 0.3) is 5.91 Å². The average Bonchev–Trinajstić information content (AvgIpc) is 3.58. The van der Waals surface area contributed by atoms with E-state index in [-0.39, 0.29) is 29.2 Å². The number of imidazole rings is 1. The average molecular weight is 564 g/mol. The molecule has 2 aromatic carbocycles. The second-order valence-electron chi connectivity index (χ2n) is 10.2. The van der Waals surface area contributed by atoms with E-state index in [4.69, 9.17) is 4.74 Å². The molecule has 2 aromatic heterocycles. The Morgan fingerprint density at radius 1 is 1.15 bits per heavy atom. The van der Waals surface area contributed by atoms with Crippen LogP contribution >= 0.6 is 0 Å². The van der Waals surface area contributed by atoms with Gasteiger partial charge in [0.15, 0.2) is 23.0 Å². The summed E-state index contributed by atoms with van der Waals surface area (Å²) in [5, 5.41) is 6.25. The number of methoxy groups -OCH3 is 1. The zero-order valence-electron chi connectivity index (χ0n) is 23.2. The Balaban J connectivity index is 1.30. The number of amides is 2. The highest BCUT2D eigenvalue weighted by molar-refractivity contribution is 5.96. The molecule has 214 valence electrons. The van der Waals surface area contributed by atoms with Crippen molar-refractivity contribution in [3.05, 3.63) is 71.7 Å². The summed E-state index contributed by atoms with van der Waals surface area (Å²) >= 11 is 0. The van der Waals surface area contributed by atoms with Crippen LogP contribution in [0.3, 0.4) is 0 Å². The number of carbonyl (C=O) groups is 2. The van der Waals surface area contributed by atoms with E-state index in [1.165, 1.54) is 31.6 Å². The molecule has 0 spiro atoms. The number of likely N-dealkylation sites (N-methyl/N-ethyl adjacent to an activating group) is 1. The number of aromatic nitrogens is 3. The summed E-state index contributed by atoms with van der Waals surface area (Å²) < 4.78 is 35.6. The number of anilines is 2. The number of fused-ring (bicyclic) bond motifs is 1. The number of nitrogens with one attached hydrogen (secondary N) is 2. The molecule has 3 heterocycles. The minimum atomic E-state index is -1.07. The van der Waals surface area contributed by atoms with Gasteiger partial charge in [0.05, 0.1) is 25.5 Å². The first-order chi connectivity index (χ1) is 19.7. The van der Waals surface area contributed by atoms with Crippen LogP contribution in [-0.4, -0.2) is 82.9 Å². The van der Waals surface area contributed by atoms with Gasteiger partial charge in [-0.15, -0.1) is 0 Å². The molecule has 0 saturated carbocycles. The van der Waals surface area contributed by atoms with Crippen LogP contribution in [0.2, 0.25) is 0 Å². The lowest BCUT2D eigenvalue weighted by Gasteiger charge is -2.19. The van der Waals surface area contributed by atoms with E-state index >= 15 is 0 Å². The maximum absolute atomic E-state index is 14.8. The van der Waals surface area contributed by atoms with Crippen molar-refractivity contribution in [3.8, 4) is 17.0 Å². The molecule has 5 rings (SSSR count). The molecule has 1 fully saturated rings. The van der Waals surface area contributed by atoms with Gasteiger partial charge in [-0.3, -0.25) is 14.0 Å². The molecule has 0 radical (unpaired) electrons. The van der Waals surface area contributed by atoms with Crippen LogP contribution in [0.1, 0.15) is 22.3 Å². The van der Waals surface area contributed by atoms with E-state index in [1.54, 1.807) is 27.6 Å². The Labute approximate surface area is 235 Å². The minimum absolute atomic E-state index is 0.0339. The molecule has 1 aliphatic rings. The zero-order chi connectivity index (χ0) is 29.3. The topological polar surface area (TPSA) is 104 Å². The summed E-state index contributed by atoms with van der Waals surface area (Å²) in [6, 6.07) is 8.00. The number of nitrogens with zero attached hydrogens (tertiary/aromatic N) is 5. The smallest absolute Gasteiger partial charge is 0.251 e. The third-order valence-electron chi connectivity index (χ3n) is 7.03. The molecule has 2 N–H and O–H groups in total. The molecule has 4 aromatic rings. The summed E-state index contributed by atoms with van der Waals surface area (Å²) in [6.45, 7) is 3.29. The lowest BCUT2D eigenvalue weighted by molar-refractivity contribution is -0.130. The van der Waals surface area contributed by atoms with E-state index in [9.17, 15) is 18.4 Å². The summed E-state index contributed by atoms with van der Waals surface area (Å²) in [4.78, 5) is 37.7. The Kier molecular flexibility index (Phi) is 7.84. The van der Waals surface area contributed by atoms with Gasteiger partial charge in [-0.1, -0.05) is 0 Å². The van der Waals surface area contributed by atoms with Crippen LogP contribution in [0, 0.1) is 18.6 Å². The Morgan fingerprint density at radius 3 is 2.68 bits per heavy atom. The van der Waals surface area contributed by atoms with Gasteiger partial charge < -0.3 is 25.2 Å². The first-order valence-electron chi connectivity index (χ1n) is 13.1. The number of halogens is 2. The van der Waals surface area contributed by atoms with Gasteiger partial charge in [-0.25, -0.2) is 14.4 Å². The van der Waals surface area contributed by atoms with E-state index in [1.807, 2.05) is 32.0 Å². The quantitative estimate of drug-likeness (QED) is 0.338. The van der Waals surface area contributed by atoms with Crippen LogP contribution < -0.4 is 15.4 Å². The van der Waals surface area contributed by atoms with E-state index in [2.05, 4.69) is 20.6 Å². The fourth-order valence-electron chi connectivity index (χ4n) is 4.97. The van der Waals surface area contributed by atoms with Crippen molar-refractivity contribution < 1.29 is 23.1 Å². The van der Waals surface area contributed by atoms with E-state index in [0.29, 0.717) is 54.5 Å². The van der Waals surface area contributed by atoms with Crippen molar-refractivity contribution in [2.75, 3.05) is 46.2 Å². The molecule has 0 aliphatic carbocycles. The fourth-order valence-corrected chi connectivity index (χ4v) is 4.97. The van der Waals surface area contributed by atoms with Gasteiger partial charge in [-0.05, 0) is 63.3 Å². The molecule has 41 heavy (non-hydrogen) atoms. The number of likely N-dealkylation sites (tertiary alicyclic amines) is 1. The van der Waals surface area contributed by atoms with E-state index in [0.717, 1.165) is 5.56 Å². The van der Waals surface area contributed by atoms with Crippen molar-refractivity contribution in [2.45, 2.75) is 19.4 Å². The maximum atomic E-state index is 14.8. The molecule has 1 aliphatic heterocycles. The molecular formula is C29H31F2N7O3. The van der Waals surface area contributed by atoms with Crippen LogP contribution in [0.15, 0.2) is 48.9 Å². The van der Waals surface area contributed by atoms with Gasteiger partial charge in [0.2, 0.25) is 11.7 Å². The molecule has 12 heteroatoms. The number of aryl methyl sites for hydroxylation is 1. The Morgan fingerprint density at radius 2 is 1.95 bits per heavy atom. The summed E-state index contributed by atoms with van der Waals surface area (Å²) in [5.74, 6) is -2.04. The SMILES string of the molecule is COc1ccc(-c2cnc3c(Nc4ccc(C(=O)N[C@@H]5CCN(C(=O)CN(C)C)C5)c(C)c4)nccn23)c(F)c1F. The fraction of sp³-hybridized carbons (Fsp3) is 0.310. The van der Waals surface area contributed by atoms with Crippen molar-refractivity contribution >= 4 is 29.0 Å². The van der Waals surface area contributed by atoms with Crippen LogP contribution in [0.25, 0.3) is 16.9 Å². The largest absolute Gasteiger partial charge is 0.494 e. The van der Waals surface area contributed by atoms with Crippen molar-refractivity contribution in [3.63, 3.8) is 0 Å². The molecular weight excluding hydrogens is 532 g/mol. The molecule has 1 saturated heterocycles. The Bertz CT molecular complexity index is 1620. The van der Waals surface area contributed by atoms with Crippen LogP contribution in [0.4, 0.5) is 20.3 Å². The lowest BCUT2D eigenvalue weighted by atomic mass is 10.1. The summed E-state index contributed by atoms with van der Waals surface area (Å²) in [5.41, 5.74) is 2.74. The van der Waals surface area contributed by atoms with Crippen molar-refractivity contribution in [1.29, 1.82) is 0 Å². The number of ether oxygens (including phenoxy) is 1. The molecule has 0 unspecified atom stereocenters. The third kappa shape index (κ3) is 5.68. The highest BCUT2D eigenvalue weighted by Gasteiger charge is 2.28. The van der Waals surface area contributed by atoms with E-state index < -0.39 is 11.6 Å². The second-order valence-corrected chi connectivity index (χ2v) is 10.2. The van der Waals surface area contributed by atoms with Gasteiger partial charge in [0, 0.05) is 48.3 Å². The predicted molar refractivity (Wildman–Crippen MR) is 150 cm³/mol. The third-order valence-corrected chi connectivity index (χ3v) is 7.03. The molecule has 0 bridgehead atoms. The van der Waals surface area contributed by atoms with Gasteiger partial charge >= 0.3 is 0 Å². The standard InChI is InChI=1S/C29H31F2N7O3/c1-17-13-18(5-6-20(17)29(40)35-19-9-11-37(15-19)24(39)16-36(2)3)34-27-28-33-14-22(38(28)12-10-32-27)21-7-8-23(41-4)26(31)25(21)30/h5-8,10,12-14,19H,9,11,15-16H2,1-4H3,(H,32,34)(H,35,40)/t19-/m1/s1. The molecule has 10 nitrogen and oxygen atoms in total. The van der Waals surface area contributed by atoms with Crippen molar-refractivity contribution in [2.24, 2.45) is 0 Å². The number of rotatable bonds is 8. The predicted octanol–water partition coefficient (Wildman–Crippen LogP) is 3.63. The minimum Gasteiger partial charge on any atom is -0.494 e. The number of carbonyl (C=O) groups excluding carboxylic acids is 2. The normalized spacial score (nSPS) is 15.0. The first-order valence-corrected chi connectivity index (χ1v) is 13.1. The van der Waals surface area contributed by atoms with Gasteiger partial charge in [0.1, 0.15) is 0 Å². The second kappa shape index (κ2) is 11.5. The number of hydrogen-bond acceptors (Lipinski definition) is 7. The lowest BCUT2D eigenvalue weighted by Crippen LogP contribution is -2.41. The monoisotopic (exact) mass is 563 g/mol. The van der Waals surface area contributed by atoms with Crippen molar-refractivity contribution in [1.82, 2.24) is 29.5 Å². The van der Waals surface area contributed by atoms with Crippen LogP contribution in [-0.2, 0) is 4.79 Å². The molecule has 2 amide bonds. The highest BCUT2D eigenvalue weighted by Crippen LogP contribution is 2.31.